The van der Waals surface area contributed by atoms with E-state index in [-0.39, 0.29) is 11.5 Å². The maximum Gasteiger partial charge on any atom is 0.511 e. The Bertz CT molecular complexity index is 463. The van der Waals surface area contributed by atoms with Crippen LogP contribution in [0, 0.1) is 0 Å². The van der Waals surface area contributed by atoms with E-state index in [0.29, 0.717) is 5.56 Å². The van der Waals surface area contributed by atoms with Gasteiger partial charge in [-0.1, -0.05) is 12.2 Å². The highest BCUT2D eigenvalue weighted by molar-refractivity contribution is 5.68. The second kappa shape index (κ2) is 5.55. The molecular weight excluding hydrogens is 228 g/mol. The Kier molecular flexibility index (Phi) is 4.10. The van der Waals surface area contributed by atoms with E-state index >= 15 is 0 Å². The van der Waals surface area contributed by atoms with Crippen LogP contribution in [0.25, 0.3) is 6.08 Å². The van der Waals surface area contributed by atoms with Crippen LogP contribution in [-0.2, 0) is 0 Å². The first kappa shape index (κ1) is 12.6. The lowest BCUT2D eigenvalue weighted by molar-refractivity contribution is 0.141. The van der Waals surface area contributed by atoms with Crippen molar-refractivity contribution in [3.63, 3.8) is 0 Å². The number of benzene rings is 1. The molecule has 0 fully saturated rings. The van der Waals surface area contributed by atoms with Gasteiger partial charge >= 0.3 is 12.3 Å². The van der Waals surface area contributed by atoms with Crippen LogP contribution in [0.2, 0.25) is 0 Å². The molecule has 17 heavy (non-hydrogen) atoms. The fourth-order valence-corrected chi connectivity index (χ4v) is 1.19. The molecule has 0 aliphatic carbocycles. The summed E-state index contributed by atoms with van der Waals surface area (Å²) >= 11 is 0. The van der Waals surface area contributed by atoms with Crippen LogP contribution in [0.5, 0.6) is 11.5 Å². The van der Waals surface area contributed by atoms with Gasteiger partial charge in [0, 0.05) is 5.56 Å². The highest BCUT2D eigenvalue weighted by Crippen LogP contribution is 2.25. The Morgan fingerprint density at radius 2 is 1.82 bits per heavy atom. The van der Waals surface area contributed by atoms with Crippen molar-refractivity contribution in [3.8, 4) is 11.5 Å². The molecule has 1 aromatic rings. The van der Waals surface area contributed by atoms with E-state index in [1.807, 2.05) is 0 Å². The highest BCUT2D eigenvalue weighted by Gasteiger charge is 2.09. The molecule has 0 aliphatic heterocycles. The summed E-state index contributed by atoms with van der Waals surface area (Å²) in [6.45, 7) is 1.73. The quantitative estimate of drug-likeness (QED) is 0.621. The average Bonchev–Trinajstić information content (AvgIpc) is 2.21. The van der Waals surface area contributed by atoms with E-state index in [4.69, 9.17) is 10.2 Å². The first-order valence-corrected chi connectivity index (χ1v) is 4.61. The zero-order chi connectivity index (χ0) is 12.8. The molecule has 90 valence electrons. The third-order valence-corrected chi connectivity index (χ3v) is 1.73. The third kappa shape index (κ3) is 3.86. The number of hydrogen-bond donors (Lipinski definition) is 2. The van der Waals surface area contributed by atoms with Crippen LogP contribution in [-0.4, -0.2) is 22.5 Å². The van der Waals surface area contributed by atoms with Gasteiger partial charge in [-0.15, -0.1) is 0 Å². The maximum atomic E-state index is 10.4. The minimum atomic E-state index is -1.44. The highest BCUT2D eigenvalue weighted by atomic mass is 16.7. The van der Waals surface area contributed by atoms with Gasteiger partial charge in [0.2, 0.25) is 0 Å². The van der Waals surface area contributed by atoms with Gasteiger partial charge in [-0.3, -0.25) is 0 Å². The van der Waals surface area contributed by atoms with Gasteiger partial charge in [-0.2, -0.15) is 0 Å². The van der Waals surface area contributed by atoms with Gasteiger partial charge in [0.15, 0.2) is 0 Å². The number of carbonyl (C=O) groups is 2. The van der Waals surface area contributed by atoms with Crippen LogP contribution in [0.1, 0.15) is 12.5 Å². The number of carboxylic acid groups (broad SMARTS) is 2. The number of ether oxygens (including phenoxy) is 2. The molecule has 0 bridgehead atoms. The zero-order valence-corrected chi connectivity index (χ0v) is 8.91. The summed E-state index contributed by atoms with van der Waals surface area (Å²) in [6.07, 6.45) is 0.354. The van der Waals surface area contributed by atoms with Gasteiger partial charge < -0.3 is 19.7 Å². The molecule has 0 unspecified atom stereocenters. The lowest BCUT2D eigenvalue weighted by atomic mass is 10.2. The summed E-state index contributed by atoms with van der Waals surface area (Å²) in [4.78, 5) is 20.8. The monoisotopic (exact) mass is 238 g/mol. The zero-order valence-electron chi connectivity index (χ0n) is 8.91. The van der Waals surface area contributed by atoms with Gasteiger partial charge in [0.05, 0.1) is 0 Å². The fraction of sp³-hybridized carbons (Fsp3) is 0.0909. The van der Waals surface area contributed by atoms with E-state index in [2.05, 4.69) is 9.47 Å². The van der Waals surface area contributed by atoms with Crippen LogP contribution in [0.3, 0.4) is 0 Å². The van der Waals surface area contributed by atoms with Crippen LogP contribution in [0.4, 0.5) is 9.59 Å². The van der Waals surface area contributed by atoms with Crippen molar-refractivity contribution in [2.45, 2.75) is 6.92 Å². The van der Waals surface area contributed by atoms with E-state index in [0.717, 1.165) is 0 Å². The van der Waals surface area contributed by atoms with Crippen LogP contribution < -0.4 is 9.47 Å². The summed E-state index contributed by atoms with van der Waals surface area (Å²) in [5, 5.41) is 16.9. The molecule has 1 rings (SSSR count). The predicted molar refractivity (Wildman–Crippen MR) is 58.5 cm³/mol. The van der Waals surface area contributed by atoms with E-state index in [9.17, 15) is 9.59 Å². The molecule has 0 heterocycles. The van der Waals surface area contributed by atoms with Crippen LogP contribution >= 0.6 is 0 Å². The molecule has 0 radical (unpaired) electrons. The van der Waals surface area contributed by atoms with Crippen molar-refractivity contribution >= 4 is 18.4 Å². The normalized spacial score (nSPS) is 10.2. The Labute approximate surface area is 96.7 Å². The Morgan fingerprint density at radius 3 is 2.35 bits per heavy atom. The minimum Gasteiger partial charge on any atom is -0.449 e. The molecule has 0 saturated heterocycles. The minimum absolute atomic E-state index is 0.0864. The van der Waals surface area contributed by atoms with Gasteiger partial charge in [-0.05, 0) is 25.1 Å². The second-order valence-corrected chi connectivity index (χ2v) is 2.94. The fourth-order valence-electron chi connectivity index (χ4n) is 1.19. The summed E-state index contributed by atoms with van der Waals surface area (Å²) in [6, 6.07) is 3.99. The van der Waals surface area contributed by atoms with E-state index in [1.54, 1.807) is 19.1 Å². The molecule has 0 amide bonds. The molecular formula is C11H10O6. The van der Waals surface area contributed by atoms with Crippen molar-refractivity contribution in [1.29, 1.82) is 0 Å². The first-order chi connectivity index (χ1) is 8.02. The molecule has 0 atom stereocenters. The Hall–Kier alpha value is -2.50. The molecule has 0 spiro atoms. The summed E-state index contributed by atoms with van der Waals surface area (Å²) in [5.74, 6) is 0.191. The lowest BCUT2D eigenvalue weighted by Crippen LogP contribution is -2.06. The van der Waals surface area contributed by atoms with Crippen molar-refractivity contribution in [2.24, 2.45) is 0 Å². The largest absolute Gasteiger partial charge is 0.511 e. The SMILES string of the molecule is CC=Cc1cc(OC(=O)O)ccc1OC(=O)O. The molecule has 0 aliphatic rings. The topological polar surface area (TPSA) is 93.1 Å². The van der Waals surface area contributed by atoms with Crippen molar-refractivity contribution in [1.82, 2.24) is 0 Å². The number of allylic oxidation sites excluding steroid dienone is 1. The Balaban J connectivity index is 3.07. The van der Waals surface area contributed by atoms with Gasteiger partial charge in [-0.25, -0.2) is 9.59 Å². The Morgan fingerprint density at radius 1 is 1.18 bits per heavy atom. The van der Waals surface area contributed by atoms with Crippen molar-refractivity contribution < 1.29 is 29.3 Å². The molecule has 1 aromatic carbocycles. The first-order valence-electron chi connectivity index (χ1n) is 4.61. The van der Waals surface area contributed by atoms with E-state index < -0.39 is 12.3 Å². The molecule has 0 saturated carbocycles. The van der Waals surface area contributed by atoms with Crippen molar-refractivity contribution in [3.05, 3.63) is 29.8 Å². The summed E-state index contributed by atoms with van der Waals surface area (Å²) in [7, 11) is 0. The van der Waals surface area contributed by atoms with Crippen LogP contribution in [0.15, 0.2) is 24.3 Å². The molecule has 6 nitrogen and oxygen atoms in total. The van der Waals surface area contributed by atoms with Gasteiger partial charge in [0.1, 0.15) is 11.5 Å². The van der Waals surface area contributed by atoms with E-state index in [1.165, 1.54) is 18.2 Å². The van der Waals surface area contributed by atoms with Gasteiger partial charge in [0.25, 0.3) is 0 Å². The summed E-state index contributed by atoms with van der Waals surface area (Å²) in [5.41, 5.74) is 0.411. The maximum absolute atomic E-state index is 10.4. The smallest absolute Gasteiger partial charge is 0.449 e. The predicted octanol–water partition coefficient (Wildman–Crippen LogP) is 2.83. The number of rotatable bonds is 3. The average molecular weight is 238 g/mol. The second-order valence-electron chi connectivity index (χ2n) is 2.94. The lowest BCUT2D eigenvalue weighted by Gasteiger charge is -2.06. The summed E-state index contributed by atoms with van der Waals surface area (Å²) < 4.78 is 8.96. The van der Waals surface area contributed by atoms with Crippen molar-refractivity contribution in [2.75, 3.05) is 0 Å². The number of hydrogen-bond acceptors (Lipinski definition) is 4. The molecule has 2 N–H and O–H groups in total. The standard InChI is InChI=1S/C11H10O6/c1-2-3-7-6-8(16-10(12)13)4-5-9(7)17-11(14)15/h2-6H,1H3,(H,12,13)(H,14,15). The molecule has 0 aromatic heterocycles. The third-order valence-electron chi connectivity index (χ3n) is 1.73. The molecule has 6 heteroatoms.